The van der Waals surface area contributed by atoms with Gasteiger partial charge in [0.1, 0.15) is 0 Å². The van der Waals surface area contributed by atoms with Crippen LogP contribution in [-0.4, -0.2) is 10.8 Å². The molecule has 2 heterocycles. The largest absolute Gasteiger partial charge is 0.288 e. The van der Waals surface area contributed by atoms with Crippen molar-refractivity contribution in [2.45, 2.75) is 0 Å². The van der Waals surface area contributed by atoms with Crippen LogP contribution < -0.4 is 0 Å². The fourth-order valence-corrected chi connectivity index (χ4v) is 3.54. The average molecular weight is 289 g/mol. The van der Waals surface area contributed by atoms with Crippen molar-refractivity contribution in [3.63, 3.8) is 0 Å². The summed E-state index contributed by atoms with van der Waals surface area (Å²) < 4.78 is 1.13. The lowest BCUT2D eigenvalue weighted by atomic mass is 9.99. The number of ketones is 1. The van der Waals surface area contributed by atoms with Crippen LogP contribution in [0.25, 0.3) is 20.9 Å². The second-order valence-corrected chi connectivity index (χ2v) is 5.79. The molecule has 0 saturated heterocycles. The molecule has 2 nitrogen and oxygen atoms in total. The van der Waals surface area contributed by atoms with Gasteiger partial charge in [0.05, 0.1) is 0 Å². The molecule has 0 aliphatic rings. The third-order valence-electron chi connectivity index (χ3n) is 3.64. The van der Waals surface area contributed by atoms with Gasteiger partial charge in [-0.25, -0.2) is 0 Å². The summed E-state index contributed by atoms with van der Waals surface area (Å²) in [5.41, 5.74) is 1.42. The van der Waals surface area contributed by atoms with E-state index in [-0.39, 0.29) is 5.78 Å². The predicted octanol–water partition coefficient (Wildman–Crippen LogP) is 4.68. The maximum Gasteiger partial charge on any atom is 0.196 e. The van der Waals surface area contributed by atoms with E-state index >= 15 is 0 Å². The van der Waals surface area contributed by atoms with Gasteiger partial charge in [0.15, 0.2) is 5.78 Å². The zero-order valence-corrected chi connectivity index (χ0v) is 11.9. The molecule has 0 unspecified atom stereocenters. The van der Waals surface area contributed by atoms with Crippen molar-refractivity contribution < 1.29 is 4.79 Å². The number of pyridine rings is 1. The summed E-state index contributed by atoms with van der Waals surface area (Å²) in [4.78, 5) is 17.1. The quantitative estimate of drug-likeness (QED) is 0.501. The summed E-state index contributed by atoms with van der Waals surface area (Å²) in [5.74, 6) is 0.0387. The fraction of sp³-hybridized carbons (Fsp3) is 0. The monoisotopic (exact) mass is 289 g/mol. The third kappa shape index (κ3) is 1.94. The van der Waals surface area contributed by atoms with E-state index in [1.165, 1.54) is 0 Å². The van der Waals surface area contributed by atoms with E-state index in [9.17, 15) is 4.79 Å². The molecule has 0 spiro atoms. The molecule has 100 valence electrons. The number of hydrogen-bond donors (Lipinski definition) is 0. The molecular formula is C18H11NOS. The van der Waals surface area contributed by atoms with Crippen LogP contribution >= 0.6 is 11.3 Å². The highest BCUT2D eigenvalue weighted by Crippen LogP contribution is 2.29. The van der Waals surface area contributed by atoms with Crippen molar-refractivity contribution in [2.24, 2.45) is 0 Å². The Balaban J connectivity index is 1.95. The molecule has 4 aromatic rings. The van der Waals surface area contributed by atoms with Gasteiger partial charge in [0.25, 0.3) is 0 Å². The highest BCUT2D eigenvalue weighted by atomic mass is 32.1. The number of thiophene rings is 1. The topological polar surface area (TPSA) is 30.0 Å². The minimum atomic E-state index is 0.0387. The molecule has 3 heteroatoms. The Morgan fingerprint density at radius 2 is 1.62 bits per heavy atom. The summed E-state index contributed by atoms with van der Waals surface area (Å²) in [6.07, 6.45) is 3.45. The van der Waals surface area contributed by atoms with Gasteiger partial charge < -0.3 is 0 Å². The van der Waals surface area contributed by atoms with Crippen molar-refractivity contribution in [2.75, 3.05) is 0 Å². The summed E-state index contributed by atoms with van der Waals surface area (Å²) in [5, 5.41) is 4.89. The predicted molar refractivity (Wildman–Crippen MR) is 87.0 cm³/mol. The maximum absolute atomic E-state index is 12.9. The Bertz CT molecular complexity index is 966. The van der Waals surface area contributed by atoms with E-state index in [1.54, 1.807) is 23.7 Å². The number of hydrogen-bond acceptors (Lipinski definition) is 3. The normalized spacial score (nSPS) is 11.0. The van der Waals surface area contributed by atoms with Crippen LogP contribution in [0.4, 0.5) is 0 Å². The minimum absolute atomic E-state index is 0.0387. The first-order valence-electron chi connectivity index (χ1n) is 6.68. The van der Waals surface area contributed by atoms with Crippen molar-refractivity contribution in [3.8, 4) is 0 Å². The first-order chi connectivity index (χ1) is 10.3. The van der Waals surface area contributed by atoms with Crippen LogP contribution in [0.15, 0.2) is 66.3 Å². The van der Waals surface area contributed by atoms with E-state index in [4.69, 9.17) is 0 Å². The summed E-state index contributed by atoms with van der Waals surface area (Å²) in [6.45, 7) is 0. The second kappa shape index (κ2) is 4.79. The highest BCUT2D eigenvalue weighted by molar-refractivity contribution is 7.17. The number of fused-ring (bicyclic) bond motifs is 2. The molecule has 2 aromatic heterocycles. The first-order valence-corrected chi connectivity index (χ1v) is 7.56. The Morgan fingerprint density at radius 1 is 0.857 bits per heavy atom. The second-order valence-electron chi connectivity index (χ2n) is 4.88. The van der Waals surface area contributed by atoms with Crippen molar-refractivity contribution in [1.82, 2.24) is 4.98 Å². The van der Waals surface area contributed by atoms with Gasteiger partial charge in [-0.3, -0.25) is 9.78 Å². The molecule has 0 bridgehead atoms. The van der Waals surface area contributed by atoms with Gasteiger partial charge in [-0.15, -0.1) is 11.3 Å². The lowest BCUT2D eigenvalue weighted by Gasteiger charge is -2.04. The van der Waals surface area contributed by atoms with Crippen molar-refractivity contribution in [1.29, 1.82) is 0 Å². The first kappa shape index (κ1) is 12.2. The standard InChI is InChI=1S/C18H11NOS/c20-18(16-11-21-17-8-4-3-7-14(16)17)15-10-19-9-12-5-1-2-6-13(12)15/h1-11H. The average Bonchev–Trinajstić information content (AvgIpc) is 2.98. The van der Waals surface area contributed by atoms with Crippen LogP contribution in [0.5, 0.6) is 0 Å². The van der Waals surface area contributed by atoms with Gasteiger partial charge in [-0.05, 0) is 11.5 Å². The van der Waals surface area contributed by atoms with Gasteiger partial charge in [0.2, 0.25) is 0 Å². The summed E-state index contributed by atoms with van der Waals surface area (Å²) >= 11 is 1.60. The molecule has 0 N–H and O–H groups in total. The molecule has 0 atom stereocenters. The van der Waals surface area contributed by atoms with E-state index in [0.717, 1.165) is 26.4 Å². The van der Waals surface area contributed by atoms with Crippen LogP contribution in [0.3, 0.4) is 0 Å². The fourth-order valence-electron chi connectivity index (χ4n) is 2.60. The molecule has 0 radical (unpaired) electrons. The maximum atomic E-state index is 12.9. The summed E-state index contributed by atoms with van der Waals surface area (Å²) in [7, 11) is 0. The third-order valence-corrected chi connectivity index (χ3v) is 4.60. The van der Waals surface area contributed by atoms with E-state index in [2.05, 4.69) is 4.98 Å². The van der Waals surface area contributed by atoms with Crippen molar-refractivity contribution in [3.05, 3.63) is 77.4 Å². The molecule has 0 fully saturated rings. The number of rotatable bonds is 2. The lowest BCUT2D eigenvalue weighted by Crippen LogP contribution is -2.02. The van der Waals surface area contributed by atoms with Gasteiger partial charge in [-0.1, -0.05) is 42.5 Å². The number of aromatic nitrogens is 1. The minimum Gasteiger partial charge on any atom is -0.288 e. The van der Waals surface area contributed by atoms with E-state index < -0.39 is 0 Å². The molecule has 0 aliphatic heterocycles. The van der Waals surface area contributed by atoms with Gasteiger partial charge in [0, 0.05) is 44.4 Å². The highest BCUT2D eigenvalue weighted by Gasteiger charge is 2.16. The Hall–Kier alpha value is -2.52. The number of carbonyl (C=O) groups is 1. The molecule has 0 amide bonds. The zero-order valence-electron chi connectivity index (χ0n) is 11.1. The molecule has 21 heavy (non-hydrogen) atoms. The smallest absolute Gasteiger partial charge is 0.196 e. The van der Waals surface area contributed by atoms with Crippen LogP contribution in [0.2, 0.25) is 0 Å². The Kier molecular flexibility index (Phi) is 2.79. The summed E-state index contributed by atoms with van der Waals surface area (Å²) in [6, 6.07) is 15.8. The van der Waals surface area contributed by atoms with Crippen LogP contribution in [0, 0.1) is 0 Å². The molecular weight excluding hydrogens is 278 g/mol. The van der Waals surface area contributed by atoms with E-state index in [1.807, 2.05) is 53.9 Å². The lowest BCUT2D eigenvalue weighted by molar-refractivity contribution is 0.104. The van der Waals surface area contributed by atoms with Crippen LogP contribution in [0.1, 0.15) is 15.9 Å². The molecule has 0 saturated carbocycles. The Morgan fingerprint density at radius 3 is 2.52 bits per heavy atom. The van der Waals surface area contributed by atoms with Gasteiger partial charge >= 0.3 is 0 Å². The van der Waals surface area contributed by atoms with Crippen LogP contribution in [-0.2, 0) is 0 Å². The number of carbonyl (C=O) groups excluding carboxylic acids is 1. The SMILES string of the molecule is O=C(c1cncc2ccccc12)c1csc2ccccc12. The molecule has 0 aliphatic carbocycles. The molecule has 4 rings (SSSR count). The molecule has 2 aromatic carbocycles. The number of nitrogens with zero attached hydrogens (tertiary/aromatic N) is 1. The van der Waals surface area contributed by atoms with E-state index in [0.29, 0.717) is 5.56 Å². The Labute approximate surface area is 125 Å². The number of benzene rings is 2. The van der Waals surface area contributed by atoms with Gasteiger partial charge in [-0.2, -0.15) is 0 Å². The van der Waals surface area contributed by atoms with Crippen molar-refractivity contribution >= 4 is 38.0 Å². The zero-order chi connectivity index (χ0) is 14.2.